The predicted octanol–water partition coefficient (Wildman–Crippen LogP) is 3.86. The van der Waals surface area contributed by atoms with Gasteiger partial charge < -0.3 is 24.3 Å². The predicted molar refractivity (Wildman–Crippen MR) is 106 cm³/mol. The van der Waals surface area contributed by atoms with Crippen molar-refractivity contribution in [3.8, 4) is 17.2 Å². The molecule has 1 N–H and O–H groups in total. The third-order valence-corrected chi connectivity index (χ3v) is 4.43. The number of hydrogen-bond acceptors (Lipinski definition) is 6. The van der Waals surface area contributed by atoms with Gasteiger partial charge in [0.1, 0.15) is 22.8 Å². The Balaban J connectivity index is 2.13. The van der Waals surface area contributed by atoms with E-state index in [1.165, 1.54) is 34.3 Å². The second-order valence-electron chi connectivity index (χ2n) is 5.90. The smallest absolute Gasteiger partial charge is 0.342 e. The molecule has 7 nitrogen and oxygen atoms in total. The molecule has 28 heavy (non-hydrogen) atoms. The van der Waals surface area contributed by atoms with E-state index in [0.717, 1.165) is 5.56 Å². The van der Waals surface area contributed by atoms with Crippen LogP contribution in [0, 0.1) is 6.92 Å². The van der Waals surface area contributed by atoms with E-state index in [1.807, 2.05) is 0 Å². The number of hydrogen-bond donors (Lipinski definition) is 1. The van der Waals surface area contributed by atoms with Crippen LogP contribution in [0.5, 0.6) is 17.2 Å². The van der Waals surface area contributed by atoms with Gasteiger partial charge in [-0.15, -0.1) is 0 Å². The van der Waals surface area contributed by atoms with Gasteiger partial charge in [-0.05, 0) is 37.6 Å². The van der Waals surface area contributed by atoms with Crippen molar-refractivity contribution in [2.24, 2.45) is 0 Å². The number of carbonyl (C=O) groups excluding carboxylic acids is 2. The molecule has 0 aliphatic heterocycles. The molecule has 0 spiro atoms. The average Bonchev–Trinajstić information content (AvgIpc) is 2.69. The van der Waals surface area contributed by atoms with Gasteiger partial charge in [0.15, 0.2) is 6.10 Å². The Morgan fingerprint density at radius 3 is 2.29 bits per heavy atom. The summed E-state index contributed by atoms with van der Waals surface area (Å²) in [4.78, 5) is 24.9. The molecular formula is C20H22ClNO6. The first-order valence-corrected chi connectivity index (χ1v) is 8.76. The third-order valence-electron chi connectivity index (χ3n) is 4.02. The highest BCUT2D eigenvalue weighted by molar-refractivity contribution is 6.31. The molecule has 0 aromatic heterocycles. The highest BCUT2D eigenvalue weighted by Crippen LogP contribution is 2.31. The van der Waals surface area contributed by atoms with Gasteiger partial charge in [-0.1, -0.05) is 11.6 Å². The van der Waals surface area contributed by atoms with E-state index in [0.29, 0.717) is 22.2 Å². The lowest BCUT2D eigenvalue weighted by molar-refractivity contribution is -0.123. The Kier molecular flexibility index (Phi) is 7.12. The molecular weight excluding hydrogens is 386 g/mol. The zero-order valence-corrected chi connectivity index (χ0v) is 17.0. The zero-order chi connectivity index (χ0) is 20.8. The van der Waals surface area contributed by atoms with E-state index in [2.05, 4.69) is 5.32 Å². The monoisotopic (exact) mass is 407 g/mol. The molecule has 2 aromatic carbocycles. The molecule has 0 fully saturated rings. The van der Waals surface area contributed by atoms with Crippen molar-refractivity contribution in [3.05, 3.63) is 46.5 Å². The second kappa shape index (κ2) is 9.32. The number of ether oxygens (including phenoxy) is 4. The molecule has 0 radical (unpaired) electrons. The molecule has 8 heteroatoms. The zero-order valence-electron chi connectivity index (χ0n) is 16.3. The van der Waals surface area contributed by atoms with Crippen LogP contribution in [0.25, 0.3) is 0 Å². The molecule has 150 valence electrons. The first kappa shape index (κ1) is 21.4. The van der Waals surface area contributed by atoms with Crippen LogP contribution in [-0.4, -0.2) is 39.3 Å². The molecule has 1 unspecified atom stereocenters. The number of nitrogens with one attached hydrogen (secondary N) is 1. The van der Waals surface area contributed by atoms with E-state index >= 15 is 0 Å². The van der Waals surface area contributed by atoms with E-state index < -0.39 is 18.0 Å². The lowest BCUT2D eigenvalue weighted by Crippen LogP contribution is -2.30. The first-order valence-electron chi connectivity index (χ1n) is 8.38. The number of aryl methyl sites for hydroxylation is 1. The largest absolute Gasteiger partial charge is 0.497 e. The molecule has 0 bridgehead atoms. The summed E-state index contributed by atoms with van der Waals surface area (Å²) in [6, 6.07) is 7.95. The van der Waals surface area contributed by atoms with Crippen molar-refractivity contribution in [1.82, 2.24) is 0 Å². The maximum Gasteiger partial charge on any atom is 0.342 e. The van der Waals surface area contributed by atoms with Crippen LogP contribution in [0.4, 0.5) is 5.69 Å². The van der Waals surface area contributed by atoms with Crippen LogP contribution in [0.2, 0.25) is 5.02 Å². The number of halogens is 1. The average molecular weight is 408 g/mol. The van der Waals surface area contributed by atoms with Gasteiger partial charge in [0.2, 0.25) is 0 Å². The van der Waals surface area contributed by atoms with Crippen LogP contribution >= 0.6 is 11.6 Å². The van der Waals surface area contributed by atoms with Gasteiger partial charge >= 0.3 is 5.97 Å². The number of amides is 1. The van der Waals surface area contributed by atoms with Gasteiger partial charge in [0.05, 0.1) is 27.0 Å². The minimum atomic E-state index is -1.06. The van der Waals surface area contributed by atoms with Crippen LogP contribution in [0.1, 0.15) is 22.8 Å². The second-order valence-corrected chi connectivity index (χ2v) is 6.31. The van der Waals surface area contributed by atoms with Crippen molar-refractivity contribution >= 4 is 29.2 Å². The van der Waals surface area contributed by atoms with Crippen LogP contribution < -0.4 is 19.5 Å². The van der Waals surface area contributed by atoms with Crippen LogP contribution in [0.3, 0.4) is 0 Å². The lowest BCUT2D eigenvalue weighted by atomic mass is 10.2. The molecule has 2 aromatic rings. The quantitative estimate of drug-likeness (QED) is 0.702. The normalized spacial score (nSPS) is 11.4. The third kappa shape index (κ3) is 4.86. The summed E-state index contributed by atoms with van der Waals surface area (Å²) in [5.41, 5.74) is 1.38. The number of esters is 1. The van der Waals surface area contributed by atoms with Crippen molar-refractivity contribution < 1.29 is 28.5 Å². The molecule has 1 atom stereocenters. The van der Waals surface area contributed by atoms with Crippen LogP contribution in [-0.2, 0) is 9.53 Å². The number of carbonyl (C=O) groups is 2. The summed E-state index contributed by atoms with van der Waals surface area (Å²) in [6.07, 6.45) is -1.06. The van der Waals surface area contributed by atoms with Crippen molar-refractivity contribution in [2.75, 3.05) is 26.6 Å². The van der Waals surface area contributed by atoms with E-state index in [9.17, 15) is 9.59 Å². The minimum Gasteiger partial charge on any atom is -0.497 e. The Morgan fingerprint density at radius 2 is 1.68 bits per heavy atom. The maximum absolute atomic E-state index is 12.5. The Morgan fingerprint density at radius 1 is 1.00 bits per heavy atom. The minimum absolute atomic E-state index is 0.183. The Bertz CT molecular complexity index is 883. The van der Waals surface area contributed by atoms with Gasteiger partial charge in [-0.25, -0.2) is 4.79 Å². The van der Waals surface area contributed by atoms with Crippen molar-refractivity contribution in [1.29, 1.82) is 0 Å². The van der Waals surface area contributed by atoms with E-state index in [1.54, 1.807) is 31.2 Å². The van der Waals surface area contributed by atoms with Gasteiger partial charge in [-0.2, -0.15) is 0 Å². The molecule has 0 aliphatic rings. The highest BCUT2D eigenvalue weighted by atomic mass is 35.5. The summed E-state index contributed by atoms with van der Waals surface area (Å²) in [6.45, 7) is 3.27. The molecule has 0 saturated heterocycles. The first-order chi connectivity index (χ1) is 13.3. The highest BCUT2D eigenvalue weighted by Gasteiger charge is 2.23. The summed E-state index contributed by atoms with van der Waals surface area (Å²) in [5, 5.41) is 3.20. The van der Waals surface area contributed by atoms with Crippen molar-refractivity contribution in [2.45, 2.75) is 20.0 Å². The molecule has 1 amide bonds. The number of anilines is 1. The molecule has 0 heterocycles. The molecule has 0 saturated carbocycles. The Labute approximate surface area is 168 Å². The van der Waals surface area contributed by atoms with Gasteiger partial charge in [0.25, 0.3) is 5.91 Å². The fraction of sp³-hybridized carbons (Fsp3) is 0.300. The van der Waals surface area contributed by atoms with Gasteiger partial charge in [0, 0.05) is 17.2 Å². The van der Waals surface area contributed by atoms with Crippen LogP contribution in [0.15, 0.2) is 30.3 Å². The fourth-order valence-corrected chi connectivity index (χ4v) is 2.56. The maximum atomic E-state index is 12.5. The van der Waals surface area contributed by atoms with Crippen molar-refractivity contribution in [3.63, 3.8) is 0 Å². The molecule has 2 rings (SSSR count). The summed E-state index contributed by atoms with van der Waals surface area (Å²) in [7, 11) is 4.40. The SMILES string of the molecule is COc1ccc(C(=O)OC(C)C(=O)Nc2cc(C)c(Cl)cc2OC)c(OC)c1. The van der Waals surface area contributed by atoms with E-state index in [4.69, 9.17) is 30.5 Å². The van der Waals surface area contributed by atoms with E-state index in [-0.39, 0.29) is 11.3 Å². The lowest BCUT2D eigenvalue weighted by Gasteiger charge is -2.17. The Hall–Kier alpha value is -2.93. The number of methoxy groups -OCH3 is 3. The molecule has 0 aliphatic carbocycles. The van der Waals surface area contributed by atoms with Gasteiger partial charge in [-0.3, -0.25) is 4.79 Å². The standard InChI is InChI=1S/C20H22ClNO6/c1-11-8-16(18(27-5)10-15(11)21)22-19(23)12(2)28-20(24)14-7-6-13(25-3)9-17(14)26-4/h6-10,12H,1-5H3,(H,22,23). The summed E-state index contributed by atoms with van der Waals surface area (Å²) in [5.74, 6) is 0.0119. The summed E-state index contributed by atoms with van der Waals surface area (Å²) >= 11 is 6.07. The topological polar surface area (TPSA) is 83.1 Å². The summed E-state index contributed by atoms with van der Waals surface area (Å²) < 4.78 is 20.8. The number of benzene rings is 2. The number of rotatable bonds is 7. The fourth-order valence-electron chi connectivity index (χ4n) is 2.41.